The van der Waals surface area contributed by atoms with Gasteiger partial charge in [-0.1, -0.05) is 35.9 Å². The molecule has 1 aromatic carbocycles. The van der Waals surface area contributed by atoms with Crippen LogP contribution in [0.2, 0.25) is 0 Å². The van der Waals surface area contributed by atoms with Gasteiger partial charge < -0.3 is 15.0 Å². The molecule has 2 amide bonds. The summed E-state index contributed by atoms with van der Waals surface area (Å²) in [6, 6.07) is 12.0. The van der Waals surface area contributed by atoms with E-state index >= 15 is 0 Å². The van der Waals surface area contributed by atoms with Crippen LogP contribution in [0.15, 0.2) is 42.6 Å². The maximum absolute atomic E-state index is 13.4. The molecule has 7 nitrogen and oxygen atoms in total. The first-order valence-corrected chi connectivity index (χ1v) is 10.7. The number of hydrogen-bond donors (Lipinski definition) is 1. The highest BCUT2D eigenvalue weighted by atomic mass is 16.6. The standard InChI is InChI=1S/C24H28N4O3/c1-4-31-24(30)27-13-11-19(12-14-27)25-23(29)22-21(18-8-5-16(2)6-9-18)26-20-10-7-17(3)15-28(20)22/h5-10,15,19H,4,11-14H2,1-3H3,(H,25,29). The van der Waals surface area contributed by atoms with Crippen molar-refractivity contribution >= 4 is 17.6 Å². The highest BCUT2D eigenvalue weighted by molar-refractivity contribution is 6.00. The van der Waals surface area contributed by atoms with Gasteiger partial charge in [-0.3, -0.25) is 9.20 Å². The Bertz CT molecular complexity index is 1100. The van der Waals surface area contributed by atoms with E-state index in [4.69, 9.17) is 9.72 Å². The number of amides is 2. The van der Waals surface area contributed by atoms with Gasteiger partial charge in [0, 0.05) is 30.9 Å². The predicted molar refractivity (Wildman–Crippen MR) is 119 cm³/mol. The molecule has 1 fully saturated rings. The summed E-state index contributed by atoms with van der Waals surface area (Å²) in [5.74, 6) is -0.150. The van der Waals surface area contributed by atoms with Crippen LogP contribution in [0.5, 0.6) is 0 Å². The summed E-state index contributed by atoms with van der Waals surface area (Å²) in [4.78, 5) is 31.8. The summed E-state index contributed by atoms with van der Waals surface area (Å²) >= 11 is 0. The van der Waals surface area contributed by atoms with E-state index in [9.17, 15) is 9.59 Å². The number of nitrogens with one attached hydrogen (secondary N) is 1. The average molecular weight is 421 g/mol. The van der Waals surface area contributed by atoms with Crippen molar-refractivity contribution in [2.24, 2.45) is 0 Å². The molecule has 31 heavy (non-hydrogen) atoms. The third-order valence-corrected chi connectivity index (χ3v) is 5.66. The molecule has 3 aromatic rings. The highest BCUT2D eigenvalue weighted by Crippen LogP contribution is 2.26. The molecule has 1 aliphatic heterocycles. The molecule has 1 saturated heterocycles. The van der Waals surface area contributed by atoms with E-state index in [2.05, 4.69) is 5.32 Å². The SMILES string of the molecule is CCOC(=O)N1CCC(NC(=O)c2c(-c3ccc(C)cc3)nc3ccc(C)cn23)CC1. The molecule has 0 radical (unpaired) electrons. The van der Waals surface area contributed by atoms with Gasteiger partial charge in [0.2, 0.25) is 0 Å². The lowest BCUT2D eigenvalue weighted by Crippen LogP contribution is -2.47. The van der Waals surface area contributed by atoms with Crippen molar-refractivity contribution in [2.75, 3.05) is 19.7 Å². The number of rotatable bonds is 4. The monoisotopic (exact) mass is 420 g/mol. The van der Waals surface area contributed by atoms with Crippen LogP contribution in [0.3, 0.4) is 0 Å². The molecule has 2 aromatic heterocycles. The van der Waals surface area contributed by atoms with Gasteiger partial charge >= 0.3 is 6.09 Å². The molecule has 3 heterocycles. The van der Waals surface area contributed by atoms with E-state index in [1.54, 1.807) is 11.8 Å². The fraction of sp³-hybridized carbons (Fsp3) is 0.375. The third kappa shape index (κ3) is 4.40. The molecule has 162 valence electrons. The van der Waals surface area contributed by atoms with Crippen molar-refractivity contribution in [2.45, 2.75) is 39.7 Å². The molecular formula is C24H28N4O3. The summed E-state index contributed by atoms with van der Waals surface area (Å²) < 4.78 is 6.95. The summed E-state index contributed by atoms with van der Waals surface area (Å²) in [6.45, 7) is 7.34. The Kier molecular flexibility index (Phi) is 5.93. The van der Waals surface area contributed by atoms with Crippen molar-refractivity contribution < 1.29 is 14.3 Å². The Morgan fingerprint density at radius 1 is 1.06 bits per heavy atom. The van der Waals surface area contributed by atoms with Crippen LogP contribution in [-0.2, 0) is 4.74 Å². The summed E-state index contributed by atoms with van der Waals surface area (Å²) in [6.07, 6.45) is 3.05. The van der Waals surface area contributed by atoms with Crippen LogP contribution in [0.1, 0.15) is 41.4 Å². The summed E-state index contributed by atoms with van der Waals surface area (Å²) in [5, 5.41) is 3.17. The Labute approximate surface area is 182 Å². The number of nitrogens with zero attached hydrogens (tertiary/aromatic N) is 3. The zero-order valence-corrected chi connectivity index (χ0v) is 18.2. The lowest BCUT2D eigenvalue weighted by Gasteiger charge is -2.31. The summed E-state index contributed by atoms with van der Waals surface area (Å²) in [5.41, 5.74) is 5.07. The Morgan fingerprint density at radius 3 is 2.42 bits per heavy atom. The van der Waals surface area contributed by atoms with Gasteiger partial charge in [-0.15, -0.1) is 0 Å². The zero-order valence-electron chi connectivity index (χ0n) is 18.2. The van der Waals surface area contributed by atoms with Crippen LogP contribution >= 0.6 is 0 Å². The number of carbonyl (C=O) groups is 2. The molecule has 0 spiro atoms. The molecule has 0 bridgehead atoms. The minimum absolute atomic E-state index is 0.000552. The third-order valence-electron chi connectivity index (χ3n) is 5.66. The Hall–Kier alpha value is -3.35. The predicted octanol–water partition coefficient (Wildman–Crippen LogP) is 3.97. The fourth-order valence-corrected chi connectivity index (χ4v) is 3.96. The molecule has 1 aliphatic rings. The lowest BCUT2D eigenvalue weighted by atomic mass is 10.0. The van der Waals surface area contributed by atoms with Crippen molar-refractivity contribution in [1.82, 2.24) is 19.6 Å². The number of hydrogen-bond acceptors (Lipinski definition) is 4. The molecule has 1 N–H and O–H groups in total. The smallest absolute Gasteiger partial charge is 0.409 e. The first kappa shape index (κ1) is 20.9. The quantitative estimate of drug-likeness (QED) is 0.693. The molecule has 0 unspecified atom stereocenters. The number of carbonyl (C=O) groups excluding carboxylic acids is 2. The zero-order chi connectivity index (χ0) is 22.0. The fourth-order valence-electron chi connectivity index (χ4n) is 3.96. The largest absolute Gasteiger partial charge is 0.450 e. The van der Waals surface area contributed by atoms with E-state index in [1.807, 2.05) is 60.8 Å². The second kappa shape index (κ2) is 8.79. The normalized spacial score (nSPS) is 14.6. The summed E-state index contributed by atoms with van der Waals surface area (Å²) in [7, 11) is 0. The van der Waals surface area contributed by atoms with E-state index < -0.39 is 0 Å². The van der Waals surface area contributed by atoms with Crippen LogP contribution in [0, 0.1) is 13.8 Å². The van der Waals surface area contributed by atoms with Crippen LogP contribution < -0.4 is 5.32 Å². The van der Waals surface area contributed by atoms with Crippen molar-refractivity contribution in [1.29, 1.82) is 0 Å². The number of likely N-dealkylation sites (tertiary alicyclic amines) is 1. The van der Waals surface area contributed by atoms with Crippen LogP contribution in [0.4, 0.5) is 4.79 Å². The number of pyridine rings is 1. The second-order valence-corrected chi connectivity index (χ2v) is 8.04. The number of imidazole rings is 1. The molecule has 0 saturated carbocycles. The number of ether oxygens (including phenoxy) is 1. The molecule has 4 rings (SSSR count). The van der Waals surface area contributed by atoms with Crippen molar-refractivity contribution in [3.8, 4) is 11.3 Å². The second-order valence-electron chi connectivity index (χ2n) is 8.04. The minimum atomic E-state index is -0.286. The number of benzene rings is 1. The lowest BCUT2D eigenvalue weighted by molar-refractivity contribution is 0.0856. The first-order valence-electron chi connectivity index (χ1n) is 10.7. The minimum Gasteiger partial charge on any atom is -0.450 e. The van der Waals surface area contributed by atoms with Gasteiger partial charge in [0.05, 0.1) is 6.61 Å². The van der Waals surface area contributed by atoms with E-state index in [0.29, 0.717) is 43.9 Å². The maximum atomic E-state index is 13.4. The van der Waals surface area contributed by atoms with Gasteiger partial charge in [0.15, 0.2) is 0 Å². The average Bonchev–Trinajstić information content (AvgIpc) is 3.13. The van der Waals surface area contributed by atoms with Gasteiger partial charge in [-0.2, -0.15) is 0 Å². The van der Waals surface area contributed by atoms with Crippen molar-refractivity contribution in [3.05, 3.63) is 59.4 Å². The first-order chi connectivity index (χ1) is 15.0. The maximum Gasteiger partial charge on any atom is 0.409 e. The topological polar surface area (TPSA) is 75.9 Å². The van der Waals surface area contributed by atoms with Gasteiger partial charge in [0.25, 0.3) is 5.91 Å². The number of aromatic nitrogens is 2. The number of aryl methyl sites for hydroxylation is 2. The van der Waals surface area contributed by atoms with Crippen LogP contribution in [0.25, 0.3) is 16.9 Å². The van der Waals surface area contributed by atoms with Crippen molar-refractivity contribution in [3.63, 3.8) is 0 Å². The number of fused-ring (bicyclic) bond motifs is 1. The van der Waals surface area contributed by atoms with E-state index in [1.165, 1.54) is 0 Å². The Morgan fingerprint density at radius 2 is 1.74 bits per heavy atom. The van der Waals surface area contributed by atoms with Gasteiger partial charge in [0.1, 0.15) is 17.0 Å². The van der Waals surface area contributed by atoms with E-state index in [0.717, 1.165) is 22.3 Å². The molecular weight excluding hydrogens is 392 g/mol. The highest BCUT2D eigenvalue weighted by Gasteiger charge is 2.27. The van der Waals surface area contributed by atoms with Crippen LogP contribution in [-0.4, -0.2) is 52.0 Å². The van der Waals surface area contributed by atoms with E-state index in [-0.39, 0.29) is 18.0 Å². The Balaban J connectivity index is 1.59. The molecule has 0 atom stereocenters. The van der Waals surface area contributed by atoms with Gasteiger partial charge in [-0.05, 0) is 45.2 Å². The molecule has 7 heteroatoms. The van der Waals surface area contributed by atoms with Gasteiger partial charge in [-0.25, -0.2) is 9.78 Å². The molecule has 0 aliphatic carbocycles. The number of piperidine rings is 1.